The fourth-order valence-electron chi connectivity index (χ4n) is 5.03. The van der Waals surface area contributed by atoms with Crippen LogP contribution in [0.3, 0.4) is 0 Å². The molecule has 6 heteroatoms. The van der Waals surface area contributed by atoms with E-state index in [-0.39, 0.29) is 6.03 Å². The Bertz CT molecular complexity index is 1110. The molecule has 0 saturated heterocycles. The number of urea groups is 1. The average molecular weight is 433 g/mol. The number of nitrogen functional groups attached to an aromatic ring is 1. The van der Waals surface area contributed by atoms with Crippen LogP contribution in [-0.4, -0.2) is 23.2 Å². The number of ether oxygens (including phenoxy) is 1. The van der Waals surface area contributed by atoms with Crippen molar-refractivity contribution >= 4 is 28.3 Å². The van der Waals surface area contributed by atoms with Crippen molar-refractivity contribution in [2.45, 2.75) is 64.0 Å². The van der Waals surface area contributed by atoms with Gasteiger partial charge in [-0.3, -0.25) is 0 Å². The Morgan fingerprint density at radius 2 is 1.81 bits per heavy atom. The molecule has 0 radical (unpaired) electrons. The van der Waals surface area contributed by atoms with Crippen molar-refractivity contribution in [3.63, 3.8) is 0 Å². The molecule has 2 fully saturated rings. The minimum Gasteiger partial charge on any atom is -0.494 e. The Balaban J connectivity index is 1.44. The summed E-state index contributed by atoms with van der Waals surface area (Å²) in [6.45, 7) is 2.62. The predicted octanol–water partition coefficient (Wildman–Crippen LogP) is 6.08. The summed E-state index contributed by atoms with van der Waals surface area (Å²) in [5.74, 6) is 0.844. The third kappa shape index (κ3) is 3.90. The standard InChI is InChI=1S/C26H32N4O2/c1-2-32-21-14-15-23-22(16-21)24(27)25(30(23)20-8-5-9-20)17-10-12-19(13-11-17)29-26(31)28-18-6-3-4-7-18/h10-16,18,20H,2-9,27H2,1H3,(H2,28,29,31). The highest BCUT2D eigenvalue weighted by molar-refractivity contribution is 6.02. The molecule has 0 atom stereocenters. The van der Waals surface area contributed by atoms with E-state index in [1.165, 1.54) is 32.1 Å². The maximum Gasteiger partial charge on any atom is 0.319 e. The minimum absolute atomic E-state index is 0.129. The van der Waals surface area contributed by atoms with Crippen molar-refractivity contribution in [3.05, 3.63) is 42.5 Å². The van der Waals surface area contributed by atoms with E-state index in [1.54, 1.807) is 0 Å². The van der Waals surface area contributed by atoms with Gasteiger partial charge in [0.05, 0.1) is 23.5 Å². The third-order valence-corrected chi connectivity index (χ3v) is 6.87. The number of nitrogens with zero attached hydrogens (tertiary/aromatic N) is 1. The molecule has 168 valence electrons. The molecule has 32 heavy (non-hydrogen) atoms. The topological polar surface area (TPSA) is 81.3 Å². The van der Waals surface area contributed by atoms with Crippen LogP contribution in [0, 0.1) is 0 Å². The first-order chi connectivity index (χ1) is 15.6. The number of rotatable bonds is 6. The molecule has 2 aliphatic rings. The Labute approximate surface area is 189 Å². The van der Waals surface area contributed by atoms with E-state index in [9.17, 15) is 4.79 Å². The molecule has 4 N–H and O–H groups in total. The second-order valence-electron chi connectivity index (χ2n) is 8.99. The summed E-state index contributed by atoms with van der Waals surface area (Å²) < 4.78 is 8.12. The Kier molecular flexibility index (Phi) is 5.68. The number of nitrogens with one attached hydrogen (secondary N) is 2. The normalized spacial score (nSPS) is 16.8. The van der Waals surface area contributed by atoms with Crippen LogP contribution in [0.2, 0.25) is 0 Å². The van der Waals surface area contributed by atoms with Crippen LogP contribution in [0.4, 0.5) is 16.2 Å². The van der Waals surface area contributed by atoms with Gasteiger partial charge in [0, 0.05) is 28.7 Å². The number of hydrogen-bond acceptors (Lipinski definition) is 3. The first-order valence-electron chi connectivity index (χ1n) is 11.9. The number of amides is 2. The summed E-state index contributed by atoms with van der Waals surface area (Å²) >= 11 is 0. The highest BCUT2D eigenvalue weighted by Gasteiger charge is 2.27. The van der Waals surface area contributed by atoms with Crippen LogP contribution in [0.1, 0.15) is 57.9 Å². The van der Waals surface area contributed by atoms with Crippen molar-refractivity contribution < 1.29 is 9.53 Å². The summed E-state index contributed by atoms with van der Waals surface area (Å²) in [7, 11) is 0. The van der Waals surface area contributed by atoms with E-state index < -0.39 is 0 Å². The maximum atomic E-state index is 12.3. The van der Waals surface area contributed by atoms with Gasteiger partial charge in [-0.15, -0.1) is 0 Å². The van der Waals surface area contributed by atoms with Crippen LogP contribution in [0.25, 0.3) is 22.2 Å². The molecule has 0 aliphatic heterocycles. The second-order valence-corrected chi connectivity index (χ2v) is 8.99. The molecule has 2 saturated carbocycles. The van der Waals surface area contributed by atoms with Crippen LogP contribution in [-0.2, 0) is 0 Å². The summed E-state index contributed by atoms with van der Waals surface area (Å²) in [5, 5.41) is 7.07. The fraction of sp³-hybridized carbons (Fsp3) is 0.423. The maximum absolute atomic E-state index is 12.3. The Morgan fingerprint density at radius 1 is 1.06 bits per heavy atom. The van der Waals surface area contributed by atoms with E-state index in [0.29, 0.717) is 18.7 Å². The van der Waals surface area contributed by atoms with Crippen LogP contribution < -0.4 is 21.1 Å². The molecule has 3 aromatic rings. The van der Waals surface area contributed by atoms with Gasteiger partial charge in [0.2, 0.25) is 0 Å². The fourth-order valence-corrected chi connectivity index (χ4v) is 5.03. The van der Waals surface area contributed by atoms with Gasteiger partial charge in [0.1, 0.15) is 5.75 Å². The molecule has 0 unspecified atom stereocenters. The predicted molar refractivity (Wildman–Crippen MR) is 130 cm³/mol. The van der Waals surface area contributed by atoms with Gasteiger partial charge in [0.25, 0.3) is 0 Å². The van der Waals surface area contributed by atoms with Crippen molar-refractivity contribution in [1.82, 2.24) is 9.88 Å². The zero-order chi connectivity index (χ0) is 22.1. The third-order valence-electron chi connectivity index (χ3n) is 6.87. The van der Waals surface area contributed by atoms with E-state index in [4.69, 9.17) is 10.5 Å². The summed E-state index contributed by atoms with van der Waals surface area (Å²) in [4.78, 5) is 12.3. The quantitative estimate of drug-likeness (QED) is 0.442. The molecule has 2 aliphatic carbocycles. The lowest BCUT2D eigenvalue weighted by Gasteiger charge is -2.30. The molecule has 6 nitrogen and oxygen atoms in total. The molecule has 5 rings (SSSR count). The Morgan fingerprint density at radius 3 is 2.47 bits per heavy atom. The highest BCUT2D eigenvalue weighted by Crippen LogP contribution is 2.44. The molecule has 1 heterocycles. The largest absolute Gasteiger partial charge is 0.494 e. The molecule has 1 aromatic heterocycles. The van der Waals surface area contributed by atoms with Crippen molar-refractivity contribution in [2.75, 3.05) is 17.7 Å². The van der Waals surface area contributed by atoms with E-state index >= 15 is 0 Å². The zero-order valence-electron chi connectivity index (χ0n) is 18.7. The van der Waals surface area contributed by atoms with E-state index in [0.717, 1.165) is 52.1 Å². The van der Waals surface area contributed by atoms with Gasteiger partial charge in [-0.2, -0.15) is 0 Å². The van der Waals surface area contributed by atoms with Crippen LogP contribution in [0.5, 0.6) is 5.75 Å². The first-order valence-corrected chi connectivity index (χ1v) is 11.9. The number of fused-ring (bicyclic) bond motifs is 1. The van der Waals surface area contributed by atoms with Gasteiger partial charge >= 0.3 is 6.03 Å². The molecule has 2 amide bonds. The summed E-state index contributed by atoms with van der Waals surface area (Å²) in [5.41, 5.74) is 11.6. The molecule has 2 aromatic carbocycles. The summed E-state index contributed by atoms with van der Waals surface area (Å²) in [6, 6.07) is 14.9. The molecule has 0 bridgehead atoms. The summed E-state index contributed by atoms with van der Waals surface area (Å²) in [6.07, 6.45) is 8.13. The van der Waals surface area contributed by atoms with Gasteiger partial charge < -0.3 is 25.7 Å². The average Bonchev–Trinajstić information content (AvgIpc) is 3.35. The van der Waals surface area contributed by atoms with Gasteiger partial charge in [-0.05, 0) is 69.4 Å². The van der Waals surface area contributed by atoms with Gasteiger partial charge in [-0.25, -0.2) is 4.79 Å². The number of carbonyl (C=O) groups excluding carboxylic acids is 1. The first kappa shape index (κ1) is 20.7. The number of hydrogen-bond donors (Lipinski definition) is 3. The number of anilines is 2. The lowest BCUT2D eigenvalue weighted by Crippen LogP contribution is -2.36. The zero-order valence-corrected chi connectivity index (χ0v) is 18.7. The van der Waals surface area contributed by atoms with Crippen LogP contribution >= 0.6 is 0 Å². The lowest BCUT2D eigenvalue weighted by atomic mass is 9.92. The van der Waals surface area contributed by atoms with Crippen molar-refractivity contribution in [2.24, 2.45) is 0 Å². The number of carbonyl (C=O) groups is 1. The lowest BCUT2D eigenvalue weighted by molar-refractivity contribution is 0.248. The highest BCUT2D eigenvalue weighted by atomic mass is 16.5. The second kappa shape index (κ2) is 8.77. The van der Waals surface area contributed by atoms with Gasteiger partial charge in [0.15, 0.2) is 0 Å². The number of benzene rings is 2. The number of nitrogens with two attached hydrogens (primary N) is 1. The molecule has 0 spiro atoms. The van der Waals surface area contributed by atoms with Crippen molar-refractivity contribution in [1.29, 1.82) is 0 Å². The van der Waals surface area contributed by atoms with E-state index in [2.05, 4.69) is 27.3 Å². The van der Waals surface area contributed by atoms with Crippen molar-refractivity contribution in [3.8, 4) is 17.0 Å². The monoisotopic (exact) mass is 432 g/mol. The van der Waals surface area contributed by atoms with E-state index in [1.807, 2.05) is 37.3 Å². The number of aromatic nitrogens is 1. The van der Waals surface area contributed by atoms with Crippen LogP contribution in [0.15, 0.2) is 42.5 Å². The molecular formula is C26H32N4O2. The Hall–Kier alpha value is -3.15. The SMILES string of the molecule is CCOc1ccc2c(c1)c(N)c(-c1ccc(NC(=O)NC3CCCC3)cc1)n2C1CCC1. The van der Waals surface area contributed by atoms with Gasteiger partial charge in [-0.1, -0.05) is 25.0 Å². The molecular weight excluding hydrogens is 400 g/mol. The minimum atomic E-state index is -0.129. The smallest absolute Gasteiger partial charge is 0.319 e.